The van der Waals surface area contributed by atoms with Crippen LogP contribution in [0.2, 0.25) is 0 Å². The molecule has 3 amide bonds. The molecular formula is C20H19N3O3. The molecule has 1 atom stereocenters. The van der Waals surface area contributed by atoms with Gasteiger partial charge in [-0.2, -0.15) is 0 Å². The first-order valence-corrected chi connectivity index (χ1v) is 8.60. The molecule has 1 saturated heterocycles. The number of carbonyl (C=O) groups excluding carboxylic acids is 3. The molecule has 1 N–H and O–H groups in total. The van der Waals surface area contributed by atoms with Crippen molar-refractivity contribution in [3.05, 3.63) is 54.1 Å². The number of nitrogens with zero attached hydrogens (tertiary/aromatic N) is 2. The molecule has 0 aliphatic carbocycles. The van der Waals surface area contributed by atoms with Crippen LogP contribution in [0.1, 0.15) is 12.0 Å². The summed E-state index contributed by atoms with van der Waals surface area (Å²) in [6, 6.07) is 14.9. The summed E-state index contributed by atoms with van der Waals surface area (Å²) < 4.78 is 0. The lowest BCUT2D eigenvalue weighted by Crippen LogP contribution is -2.45. The van der Waals surface area contributed by atoms with Gasteiger partial charge in [0.15, 0.2) is 0 Å². The Morgan fingerprint density at radius 3 is 2.58 bits per heavy atom. The summed E-state index contributed by atoms with van der Waals surface area (Å²) in [7, 11) is 0. The van der Waals surface area contributed by atoms with E-state index in [4.69, 9.17) is 0 Å². The zero-order valence-corrected chi connectivity index (χ0v) is 14.4. The molecule has 2 aromatic carbocycles. The number of hydrogen-bond acceptors (Lipinski definition) is 3. The van der Waals surface area contributed by atoms with Gasteiger partial charge in [0.25, 0.3) is 0 Å². The number of nitrogens with one attached hydrogen (secondary N) is 1. The molecule has 2 aromatic rings. The summed E-state index contributed by atoms with van der Waals surface area (Å²) in [5, 5.41) is 2.77. The molecule has 26 heavy (non-hydrogen) atoms. The number of rotatable bonds is 2. The average molecular weight is 349 g/mol. The Morgan fingerprint density at radius 2 is 1.81 bits per heavy atom. The Morgan fingerprint density at radius 1 is 1.08 bits per heavy atom. The standard InChI is InChI=1S/C20H19N3O3/c1-13-6-8-15(9-7-13)22-11-14(10-19(22)25)20(26)23-12-18(24)21-16-4-2-3-5-17(16)23/h2-9,14H,10-12H2,1H3,(H,21,24). The Balaban J connectivity index is 1.57. The smallest absolute Gasteiger partial charge is 0.244 e. The van der Waals surface area contributed by atoms with E-state index in [9.17, 15) is 14.4 Å². The molecular weight excluding hydrogens is 330 g/mol. The third-order valence-electron chi connectivity index (χ3n) is 4.86. The summed E-state index contributed by atoms with van der Waals surface area (Å²) >= 11 is 0. The van der Waals surface area contributed by atoms with Gasteiger partial charge in [0, 0.05) is 18.7 Å². The van der Waals surface area contributed by atoms with Gasteiger partial charge in [0.05, 0.1) is 17.3 Å². The molecule has 2 heterocycles. The Kier molecular flexibility index (Phi) is 3.95. The number of fused-ring (bicyclic) bond motifs is 1. The third kappa shape index (κ3) is 2.83. The van der Waals surface area contributed by atoms with Crippen molar-refractivity contribution in [2.45, 2.75) is 13.3 Å². The molecule has 0 saturated carbocycles. The highest BCUT2D eigenvalue weighted by Gasteiger charge is 2.39. The predicted octanol–water partition coefficient (Wildman–Crippen LogP) is 2.33. The van der Waals surface area contributed by atoms with E-state index in [0.717, 1.165) is 11.3 Å². The first kappa shape index (κ1) is 16.3. The minimum absolute atomic E-state index is 0.0227. The predicted molar refractivity (Wildman–Crippen MR) is 99.1 cm³/mol. The quantitative estimate of drug-likeness (QED) is 0.905. The maximum atomic E-state index is 13.1. The molecule has 0 radical (unpaired) electrons. The van der Waals surface area contributed by atoms with Gasteiger partial charge in [-0.1, -0.05) is 29.8 Å². The molecule has 4 rings (SSSR count). The van der Waals surface area contributed by atoms with Gasteiger partial charge >= 0.3 is 0 Å². The summed E-state index contributed by atoms with van der Waals surface area (Å²) in [6.07, 6.45) is 0.160. The van der Waals surface area contributed by atoms with Crippen LogP contribution in [-0.4, -0.2) is 30.8 Å². The van der Waals surface area contributed by atoms with Crippen LogP contribution in [0.5, 0.6) is 0 Å². The second kappa shape index (κ2) is 6.29. The van der Waals surface area contributed by atoms with E-state index in [2.05, 4.69) is 5.32 Å². The lowest BCUT2D eigenvalue weighted by Gasteiger charge is -2.30. The Hall–Kier alpha value is -3.15. The largest absolute Gasteiger partial charge is 0.323 e. The van der Waals surface area contributed by atoms with Crippen molar-refractivity contribution in [1.29, 1.82) is 0 Å². The van der Waals surface area contributed by atoms with Gasteiger partial charge in [0.2, 0.25) is 17.7 Å². The monoisotopic (exact) mass is 349 g/mol. The molecule has 6 nitrogen and oxygen atoms in total. The van der Waals surface area contributed by atoms with Gasteiger partial charge in [-0.05, 0) is 31.2 Å². The van der Waals surface area contributed by atoms with Crippen LogP contribution in [0, 0.1) is 12.8 Å². The number of benzene rings is 2. The van der Waals surface area contributed by atoms with Crippen LogP contribution < -0.4 is 15.1 Å². The van der Waals surface area contributed by atoms with E-state index < -0.39 is 5.92 Å². The highest BCUT2D eigenvalue weighted by molar-refractivity contribution is 6.12. The summed E-state index contributed by atoms with van der Waals surface area (Å²) in [4.78, 5) is 40.6. The van der Waals surface area contributed by atoms with Crippen LogP contribution >= 0.6 is 0 Å². The average Bonchev–Trinajstić information content (AvgIpc) is 3.03. The summed E-state index contributed by atoms with van der Waals surface area (Å²) in [5.41, 5.74) is 3.21. The number of anilines is 3. The van der Waals surface area contributed by atoms with Crippen molar-refractivity contribution >= 4 is 34.8 Å². The normalized spacial score (nSPS) is 19.3. The summed E-state index contributed by atoms with van der Waals surface area (Å²) in [5.74, 6) is -0.934. The molecule has 0 spiro atoms. The van der Waals surface area contributed by atoms with Crippen molar-refractivity contribution in [1.82, 2.24) is 0 Å². The molecule has 0 bridgehead atoms. The molecule has 0 aromatic heterocycles. The van der Waals surface area contributed by atoms with Crippen LogP contribution in [0.4, 0.5) is 17.1 Å². The highest BCUT2D eigenvalue weighted by Crippen LogP contribution is 2.33. The van der Waals surface area contributed by atoms with E-state index >= 15 is 0 Å². The van der Waals surface area contributed by atoms with Crippen LogP contribution in [0.15, 0.2) is 48.5 Å². The van der Waals surface area contributed by atoms with Gasteiger partial charge in [0.1, 0.15) is 6.54 Å². The summed E-state index contributed by atoms with van der Waals surface area (Å²) in [6.45, 7) is 2.30. The molecule has 132 valence electrons. The fourth-order valence-electron chi connectivity index (χ4n) is 3.50. The van der Waals surface area contributed by atoms with E-state index in [0.29, 0.717) is 17.9 Å². The van der Waals surface area contributed by atoms with E-state index in [1.165, 1.54) is 4.90 Å². The zero-order valence-electron chi connectivity index (χ0n) is 14.4. The fraction of sp³-hybridized carbons (Fsp3) is 0.250. The maximum Gasteiger partial charge on any atom is 0.244 e. The molecule has 6 heteroatoms. The minimum Gasteiger partial charge on any atom is -0.323 e. The Bertz CT molecular complexity index is 891. The molecule has 2 aliphatic rings. The van der Waals surface area contributed by atoms with Crippen molar-refractivity contribution in [2.75, 3.05) is 28.2 Å². The fourth-order valence-corrected chi connectivity index (χ4v) is 3.50. The van der Waals surface area contributed by atoms with Gasteiger partial charge < -0.3 is 15.1 Å². The number of para-hydroxylation sites is 2. The Labute approximate surface area is 151 Å². The number of aryl methyl sites for hydroxylation is 1. The third-order valence-corrected chi connectivity index (χ3v) is 4.86. The second-order valence-corrected chi connectivity index (χ2v) is 6.73. The van der Waals surface area contributed by atoms with Crippen molar-refractivity contribution < 1.29 is 14.4 Å². The second-order valence-electron chi connectivity index (χ2n) is 6.73. The highest BCUT2D eigenvalue weighted by atomic mass is 16.2. The SMILES string of the molecule is Cc1ccc(N2CC(C(=O)N3CC(=O)Nc4ccccc43)CC2=O)cc1. The van der Waals surface area contributed by atoms with Gasteiger partial charge in [-0.25, -0.2) is 0 Å². The van der Waals surface area contributed by atoms with E-state index in [1.54, 1.807) is 17.0 Å². The first-order valence-electron chi connectivity index (χ1n) is 8.60. The first-order chi connectivity index (χ1) is 12.5. The van der Waals surface area contributed by atoms with Crippen LogP contribution in [-0.2, 0) is 14.4 Å². The van der Waals surface area contributed by atoms with E-state index in [1.807, 2.05) is 43.3 Å². The molecule has 1 fully saturated rings. The molecule has 2 aliphatic heterocycles. The van der Waals surface area contributed by atoms with Crippen LogP contribution in [0.3, 0.4) is 0 Å². The number of amides is 3. The van der Waals surface area contributed by atoms with E-state index in [-0.39, 0.29) is 30.7 Å². The number of hydrogen-bond donors (Lipinski definition) is 1. The number of carbonyl (C=O) groups is 3. The van der Waals surface area contributed by atoms with Crippen molar-refractivity contribution in [3.8, 4) is 0 Å². The van der Waals surface area contributed by atoms with Crippen LogP contribution in [0.25, 0.3) is 0 Å². The van der Waals surface area contributed by atoms with Crippen molar-refractivity contribution in [3.63, 3.8) is 0 Å². The van der Waals surface area contributed by atoms with Gasteiger partial charge in [-0.3, -0.25) is 14.4 Å². The minimum atomic E-state index is -0.456. The lowest BCUT2D eigenvalue weighted by molar-refractivity contribution is -0.125. The topological polar surface area (TPSA) is 69.7 Å². The molecule has 1 unspecified atom stereocenters. The lowest BCUT2D eigenvalue weighted by atomic mass is 10.1. The van der Waals surface area contributed by atoms with Crippen molar-refractivity contribution in [2.24, 2.45) is 5.92 Å². The maximum absolute atomic E-state index is 13.1. The zero-order chi connectivity index (χ0) is 18.3. The van der Waals surface area contributed by atoms with Gasteiger partial charge in [-0.15, -0.1) is 0 Å².